The van der Waals surface area contributed by atoms with Gasteiger partial charge in [-0.3, -0.25) is 9.69 Å². The third-order valence-corrected chi connectivity index (χ3v) is 4.35. The largest absolute Gasteiger partial charge is 0.481 e. The number of hydrogen-bond acceptors (Lipinski definition) is 3. The fraction of sp³-hybridized carbons (Fsp3) is 0.923. The highest BCUT2D eigenvalue weighted by atomic mass is 16.4. The molecule has 0 aromatic heterocycles. The molecule has 4 heteroatoms. The highest BCUT2D eigenvalue weighted by Gasteiger charge is 2.46. The average Bonchev–Trinajstić information content (AvgIpc) is 2.27. The van der Waals surface area contributed by atoms with Gasteiger partial charge >= 0.3 is 5.97 Å². The van der Waals surface area contributed by atoms with Gasteiger partial charge in [0.15, 0.2) is 0 Å². The molecule has 0 unspecified atom stereocenters. The quantitative estimate of drug-likeness (QED) is 0.764. The first-order valence-corrected chi connectivity index (χ1v) is 6.87. The number of nitrogens with zero attached hydrogens (tertiary/aromatic N) is 1. The van der Waals surface area contributed by atoms with E-state index in [-0.39, 0.29) is 12.0 Å². The van der Waals surface area contributed by atoms with E-state index in [2.05, 4.69) is 17.1 Å². The Morgan fingerprint density at radius 3 is 2.41 bits per heavy atom. The lowest BCUT2D eigenvalue weighted by Crippen LogP contribution is -2.71. The molecule has 1 saturated heterocycles. The van der Waals surface area contributed by atoms with Crippen LogP contribution in [0.2, 0.25) is 0 Å². The number of aliphatic carboxylic acids is 1. The van der Waals surface area contributed by atoms with E-state index >= 15 is 0 Å². The van der Waals surface area contributed by atoms with Gasteiger partial charge in [0, 0.05) is 19.1 Å². The second-order valence-corrected chi connectivity index (χ2v) is 5.48. The highest BCUT2D eigenvalue weighted by molar-refractivity contribution is 5.69. The van der Waals surface area contributed by atoms with Crippen LogP contribution >= 0.6 is 0 Å². The maximum absolute atomic E-state index is 11.1. The number of carboxylic acid groups (broad SMARTS) is 1. The molecule has 2 fully saturated rings. The molecule has 1 saturated carbocycles. The Labute approximate surface area is 103 Å². The van der Waals surface area contributed by atoms with E-state index in [1.807, 2.05) is 0 Å². The van der Waals surface area contributed by atoms with Crippen LogP contribution in [-0.4, -0.2) is 47.2 Å². The molecule has 0 spiro atoms. The molecule has 0 radical (unpaired) electrons. The number of carbonyl (C=O) groups is 1. The molecular formula is C13H24N2O2. The molecule has 0 aromatic carbocycles. The van der Waals surface area contributed by atoms with Gasteiger partial charge in [0.2, 0.25) is 0 Å². The number of likely N-dealkylation sites (N-methyl/N-ethyl adjacent to an activating group) is 1. The Morgan fingerprint density at radius 1 is 1.35 bits per heavy atom. The van der Waals surface area contributed by atoms with Crippen LogP contribution in [0.5, 0.6) is 0 Å². The van der Waals surface area contributed by atoms with Gasteiger partial charge in [0.1, 0.15) is 0 Å². The minimum atomic E-state index is -0.666. The lowest BCUT2D eigenvalue weighted by atomic mass is 9.82. The summed E-state index contributed by atoms with van der Waals surface area (Å²) in [6, 6.07) is 0.607. The van der Waals surface area contributed by atoms with E-state index in [0.717, 1.165) is 19.6 Å². The molecule has 2 N–H and O–H groups in total. The summed E-state index contributed by atoms with van der Waals surface area (Å²) in [4.78, 5) is 13.5. The van der Waals surface area contributed by atoms with E-state index in [0.29, 0.717) is 6.04 Å². The van der Waals surface area contributed by atoms with Gasteiger partial charge in [-0.2, -0.15) is 0 Å². The summed E-state index contributed by atoms with van der Waals surface area (Å²) < 4.78 is 0. The zero-order valence-corrected chi connectivity index (χ0v) is 10.7. The lowest BCUT2D eigenvalue weighted by Gasteiger charge is -2.53. The van der Waals surface area contributed by atoms with Crippen LogP contribution in [0.1, 0.15) is 45.4 Å². The van der Waals surface area contributed by atoms with Crippen LogP contribution in [0.3, 0.4) is 0 Å². The van der Waals surface area contributed by atoms with Gasteiger partial charge in [-0.05, 0) is 19.4 Å². The minimum absolute atomic E-state index is 0.109. The van der Waals surface area contributed by atoms with Crippen molar-refractivity contribution < 1.29 is 9.90 Å². The van der Waals surface area contributed by atoms with Gasteiger partial charge in [-0.1, -0.05) is 26.2 Å². The lowest BCUT2D eigenvalue weighted by molar-refractivity contribution is -0.143. The summed E-state index contributed by atoms with van der Waals surface area (Å²) in [6.07, 6.45) is 6.72. The zero-order valence-electron chi connectivity index (χ0n) is 10.7. The zero-order chi connectivity index (χ0) is 12.3. The first-order chi connectivity index (χ1) is 8.18. The van der Waals surface area contributed by atoms with E-state index in [9.17, 15) is 4.79 Å². The standard InChI is InChI=1S/C13H24N2O2/c1-2-15(11-6-4-3-5-7-11)13(8-12(16)17)9-14-10-13/h11,14H,2-10H2,1H3,(H,16,17). The van der Waals surface area contributed by atoms with E-state index < -0.39 is 5.97 Å². The van der Waals surface area contributed by atoms with Crippen LogP contribution in [0.15, 0.2) is 0 Å². The topological polar surface area (TPSA) is 52.6 Å². The maximum Gasteiger partial charge on any atom is 0.305 e. The normalized spacial score (nSPS) is 24.6. The van der Waals surface area contributed by atoms with Crippen molar-refractivity contribution in [1.29, 1.82) is 0 Å². The third-order valence-electron chi connectivity index (χ3n) is 4.35. The molecule has 2 rings (SSSR count). The summed E-state index contributed by atoms with van der Waals surface area (Å²) >= 11 is 0. The predicted octanol–water partition coefficient (Wildman–Crippen LogP) is 1.46. The number of hydrogen-bond donors (Lipinski definition) is 2. The molecule has 4 nitrogen and oxygen atoms in total. The second-order valence-electron chi connectivity index (χ2n) is 5.48. The number of rotatable bonds is 5. The van der Waals surface area contributed by atoms with Crippen molar-refractivity contribution in [3.63, 3.8) is 0 Å². The van der Waals surface area contributed by atoms with Crippen LogP contribution in [0, 0.1) is 0 Å². The number of carboxylic acids is 1. The smallest absolute Gasteiger partial charge is 0.305 e. The van der Waals surface area contributed by atoms with Gasteiger partial charge in [0.25, 0.3) is 0 Å². The van der Waals surface area contributed by atoms with Crippen molar-refractivity contribution in [1.82, 2.24) is 10.2 Å². The van der Waals surface area contributed by atoms with Gasteiger partial charge in [0.05, 0.1) is 12.0 Å². The van der Waals surface area contributed by atoms with Crippen LogP contribution in [0.4, 0.5) is 0 Å². The van der Waals surface area contributed by atoms with E-state index in [4.69, 9.17) is 5.11 Å². The van der Waals surface area contributed by atoms with Crippen molar-refractivity contribution in [2.24, 2.45) is 0 Å². The molecule has 0 atom stereocenters. The summed E-state index contributed by atoms with van der Waals surface area (Å²) in [6.45, 7) is 4.81. The van der Waals surface area contributed by atoms with Gasteiger partial charge < -0.3 is 10.4 Å². The molecule has 2 aliphatic rings. The molecule has 98 valence electrons. The molecule has 1 aliphatic carbocycles. The minimum Gasteiger partial charge on any atom is -0.481 e. The number of nitrogens with one attached hydrogen (secondary N) is 1. The first kappa shape index (κ1) is 12.8. The molecule has 0 aromatic rings. The highest BCUT2D eigenvalue weighted by Crippen LogP contribution is 2.32. The van der Waals surface area contributed by atoms with Crippen molar-refractivity contribution in [2.75, 3.05) is 19.6 Å². The Bertz CT molecular complexity index is 271. The van der Waals surface area contributed by atoms with Crippen molar-refractivity contribution in [3.05, 3.63) is 0 Å². The van der Waals surface area contributed by atoms with Crippen LogP contribution in [-0.2, 0) is 4.79 Å². The fourth-order valence-corrected chi connectivity index (χ4v) is 3.50. The Balaban J connectivity index is 2.06. The fourth-order valence-electron chi connectivity index (χ4n) is 3.50. The summed E-state index contributed by atoms with van der Waals surface area (Å²) in [5.74, 6) is -0.666. The molecule has 17 heavy (non-hydrogen) atoms. The maximum atomic E-state index is 11.1. The van der Waals surface area contributed by atoms with E-state index in [1.54, 1.807) is 0 Å². The molecule has 0 amide bonds. The Kier molecular flexibility index (Phi) is 4.05. The van der Waals surface area contributed by atoms with Crippen molar-refractivity contribution in [3.8, 4) is 0 Å². The predicted molar refractivity (Wildman–Crippen MR) is 67.1 cm³/mol. The second kappa shape index (κ2) is 5.36. The SMILES string of the molecule is CCN(C1CCCCC1)C1(CC(=O)O)CNC1. The van der Waals surface area contributed by atoms with E-state index in [1.165, 1.54) is 32.1 Å². The Hall–Kier alpha value is -0.610. The third kappa shape index (κ3) is 2.63. The van der Waals surface area contributed by atoms with Gasteiger partial charge in [-0.15, -0.1) is 0 Å². The van der Waals surface area contributed by atoms with Crippen molar-refractivity contribution >= 4 is 5.97 Å². The average molecular weight is 240 g/mol. The Morgan fingerprint density at radius 2 is 2.00 bits per heavy atom. The summed E-state index contributed by atoms with van der Waals surface area (Å²) in [7, 11) is 0. The van der Waals surface area contributed by atoms with Crippen molar-refractivity contribution in [2.45, 2.75) is 57.0 Å². The first-order valence-electron chi connectivity index (χ1n) is 6.87. The summed E-state index contributed by atoms with van der Waals surface area (Å²) in [5, 5.41) is 12.4. The van der Waals surface area contributed by atoms with Crippen LogP contribution < -0.4 is 5.32 Å². The monoisotopic (exact) mass is 240 g/mol. The molecule has 1 heterocycles. The summed E-state index contributed by atoms with van der Waals surface area (Å²) in [5.41, 5.74) is -0.109. The van der Waals surface area contributed by atoms with Crippen LogP contribution in [0.25, 0.3) is 0 Å². The molecule has 1 aliphatic heterocycles. The van der Waals surface area contributed by atoms with Gasteiger partial charge in [-0.25, -0.2) is 0 Å². The molecular weight excluding hydrogens is 216 g/mol. The molecule has 0 bridgehead atoms.